The van der Waals surface area contributed by atoms with E-state index in [1.54, 1.807) is 13.8 Å². The number of carboxylic acid groups (broad SMARTS) is 8. The van der Waals surface area contributed by atoms with E-state index in [1.807, 2.05) is 27.7 Å². The van der Waals surface area contributed by atoms with Gasteiger partial charge in [-0.05, 0) is 149 Å². The molecule has 0 bridgehead atoms. The number of nitrogens with one attached hydrogen (secondary N) is 7. The van der Waals surface area contributed by atoms with Crippen LogP contribution in [0.4, 0.5) is 0 Å². The average molecular weight is 1900 g/mol. The van der Waals surface area contributed by atoms with E-state index >= 15 is 0 Å². The van der Waals surface area contributed by atoms with Crippen LogP contribution in [0.25, 0.3) is 0 Å². The zero-order chi connectivity index (χ0) is 101. The fraction of sp³-hybridized carbons (Fsp3) is 0.777. The molecular formula is C94H162N10O29. The van der Waals surface area contributed by atoms with E-state index in [0.29, 0.717) is 103 Å². The molecule has 0 aromatic heterocycles. The molecule has 133 heavy (non-hydrogen) atoms. The van der Waals surface area contributed by atoms with Crippen LogP contribution in [0.5, 0.6) is 0 Å². The summed E-state index contributed by atoms with van der Waals surface area (Å²) >= 11 is 0. The number of hydrogen-bond donors (Lipinski definition) is 18. The number of Topliss-reactive ketones (excluding diaryl/α,β-unsaturated/α-hetero) is 6. The van der Waals surface area contributed by atoms with Crippen molar-refractivity contribution in [3.63, 3.8) is 0 Å². The average Bonchev–Trinajstić information content (AvgIpc) is 0.904. The topological polar surface area (TPSA) is 683 Å². The van der Waals surface area contributed by atoms with Crippen LogP contribution in [0.2, 0.25) is 0 Å². The van der Waals surface area contributed by atoms with Crippen LogP contribution < -0.4 is 54.4 Å². The molecule has 0 aliphatic carbocycles. The molecule has 7 amide bonds. The lowest BCUT2D eigenvalue weighted by atomic mass is 9.92. The highest BCUT2D eigenvalue weighted by Crippen LogP contribution is 2.22. The van der Waals surface area contributed by atoms with Gasteiger partial charge < -0.3 is 95.3 Å². The van der Waals surface area contributed by atoms with Gasteiger partial charge >= 0.3 is 47.8 Å². The summed E-state index contributed by atoms with van der Waals surface area (Å²) in [4.78, 5) is 249. The highest BCUT2D eigenvalue weighted by Gasteiger charge is 2.31. The second-order valence-corrected chi connectivity index (χ2v) is 35.8. The quantitative estimate of drug-likeness (QED) is 0.0252. The number of hydrogen-bond acceptors (Lipinski definition) is 24. The molecule has 0 aliphatic heterocycles. The molecular weight excluding hydrogens is 1730 g/mol. The third-order valence-corrected chi connectivity index (χ3v) is 22.8. The SMILES string of the molecule is CC(=O)C(C)(C)C.CC(=O)[C@@H](C)CCCCNC(=O)[C@@H](N)CCCCCC(=O)CC[C@H](NC(=O)CC[C@H](CC(=O)CC[C@H](NC(=O)CCCCCCCCCCCCC(=O)O)C(=O)O)C(=O)O)C(=O)O.CC(=O)[C@@H](N)CCCCNC(=O)[C@@H](N)CCCCNC(=O)CC[C@H](NC(=O)CC[C@H](NC(=O)CC[C@H](CC(=O)CCCCCCCCCCCCC(=O)O)C(=O)O)C(=O)O)C(=O)O. The van der Waals surface area contributed by atoms with Gasteiger partial charge in [0.2, 0.25) is 41.4 Å². The molecule has 762 valence electrons. The summed E-state index contributed by atoms with van der Waals surface area (Å²) < 4.78 is 0. The third-order valence-electron chi connectivity index (χ3n) is 22.8. The van der Waals surface area contributed by atoms with Gasteiger partial charge in [-0.15, -0.1) is 0 Å². The van der Waals surface area contributed by atoms with Gasteiger partial charge in [0.05, 0.1) is 30.0 Å². The molecule has 21 N–H and O–H groups in total. The number of carbonyl (C=O) groups excluding carboxylic acids is 13. The van der Waals surface area contributed by atoms with E-state index in [-0.39, 0.29) is 155 Å². The van der Waals surface area contributed by atoms with Crippen molar-refractivity contribution in [2.75, 3.05) is 19.6 Å². The number of carboxylic acids is 8. The van der Waals surface area contributed by atoms with Crippen LogP contribution in [-0.4, -0.2) is 227 Å². The summed E-state index contributed by atoms with van der Waals surface area (Å²) in [6.45, 7) is 13.3. The normalized spacial score (nSPS) is 13.3. The summed E-state index contributed by atoms with van der Waals surface area (Å²) in [7, 11) is 0. The Labute approximate surface area is 783 Å². The van der Waals surface area contributed by atoms with Crippen molar-refractivity contribution in [2.45, 2.75) is 425 Å². The lowest BCUT2D eigenvalue weighted by Crippen LogP contribution is -2.44. The van der Waals surface area contributed by atoms with Crippen LogP contribution >= 0.6 is 0 Å². The third kappa shape index (κ3) is 76.0. The number of aliphatic carboxylic acids is 8. The van der Waals surface area contributed by atoms with E-state index in [0.717, 1.165) is 122 Å². The smallest absolute Gasteiger partial charge is 0.326 e. The van der Waals surface area contributed by atoms with E-state index in [1.165, 1.54) is 6.92 Å². The molecule has 0 aromatic carbocycles. The Balaban J connectivity index is -0.00000236. The molecule has 10 atom stereocenters. The molecule has 0 heterocycles. The maximum absolute atomic E-state index is 12.7. The maximum atomic E-state index is 12.7. The van der Waals surface area contributed by atoms with Crippen molar-refractivity contribution in [1.29, 1.82) is 0 Å². The lowest BCUT2D eigenvalue weighted by Gasteiger charge is -2.17. The fourth-order valence-electron chi connectivity index (χ4n) is 13.4. The highest BCUT2D eigenvalue weighted by atomic mass is 16.4. The standard InChI is InChI=1S/C45H76N4O14.C43H74N6O14.C6H12O/c1-31(32(2)50)18-16-17-29-47-42(57)36(46)20-13-11-12-19-34(51)24-26-37(44(60)61)49-40(54)28-23-33(43(58)59)30-35(52)25-27-38(45(62)63)48-39(53)21-14-9-7-5-3-4-6-8-10-15-22-41(55)56;1-29(50)32(44)17-12-15-27-47-40(57)33(45)18-13-14-26-46-36(52)24-21-34(42(60)61)49-38(54)25-22-35(43(62)63)48-37(53)23-20-30(41(58)59)28-31(51)16-10-8-6-4-2-3-5-7-9-11-19-39(55)56;1-5(7)6(2,3)4/h31,33,36-38H,3-30,46H2,1-2H3,(H,47,57)(H,48,53)(H,49,54)(H,55,56)(H,58,59)(H,60,61)(H,62,63);30,32-35H,2-28,44-45H2,1H3,(H,46,52)(H,47,57)(H,48,53)(H,49,54)(H,55,56)(H,58,59)(H,60,61)(H,62,63);1-4H3/t31-,33+,36-,37-,38-;30-,32+,33+,34+,35+;/m01./s1. The number of rotatable bonds is 83. The first-order valence-electron chi connectivity index (χ1n) is 47.8. The Bertz CT molecular complexity index is 3340. The van der Waals surface area contributed by atoms with Crippen molar-refractivity contribution < 1.29 is 142 Å². The minimum atomic E-state index is -1.54. The molecule has 0 spiro atoms. The van der Waals surface area contributed by atoms with Crippen molar-refractivity contribution in [1.82, 2.24) is 37.2 Å². The highest BCUT2D eigenvalue weighted by molar-refractivity contribution is 5.90. The van der Waals surface area contributed by atoms with Crippen LogP contribution in [0.1, 0.15) is 382 Å². The lowest BCUT2D eigenvalue weighted by molar-refractivity contribution is -0.145. The van der Waals surface area contributed by atoms with Gasteiger partial charge in [-0.2, -0.15) is 0 Å². The van der Waals surface area contributed by atoms with Gasteiger partial charge in [-0.3, -0.25) is 81.5 Å². The van der Waals surface area contributed by atoms with Gasteiger partial charge in [-0.1, -0.05) is 150 Å². The Morgan fingerprint density at radius 2 is 0.511 bits per heavy atom. The Morgan fingerprint density at radius 1 is 0.256 bits per heavy atom. The predicted molar refractivity (Wildman–Crippen MR) is 495 cm³/mol. The molecule has 0 aromatic rings. The van der Waals surface area contributed by atoms with E-state index < -0.39 is 163 Å². The number of nitrogens with two attached hydrogens (primary N) is 3. The molecule has 0 aliphatic rings. The van der Waals surface area contributed by atoms with Crippen LogP contribution in [0.3, 0.4) is 0 Å². The second-order valence-electron chi connectivity index (χ2n) is 35.8. The summed E-state index contributed by atoms with van der Waals surface area (Å²) in [5.41, 5.74) is 17.4. The van der Waals surface area contributed by atoms with Crippen molar-refractivity contribution in [3.05, 3.63) is 0 Å². The van der Waals surface area contributed by atoms with Crippen molar-refractivity contribution in [3.8, 4) is 0 Å². The fourth-order valence-corrected chi connectivity index (χ4v) is 13.4. The first-order valence-corrected chi connectivity index (χ1v) is 47.8. The molecule has 39 nitrogen and oxygen atoms in total. The van der Waals surface area contributed by atoms with E-state index in [4.69, 9.17) is 27.4 Å². The van der Waals surface area contributed by atoms with Crippen LogP contribution in [0.15, 0.2) is 0 Å². The van der Waals surface area contributed by atoms with Gasteiger partial charge in [0.25, 0.3) is 0 Å². The molecule has 0 rings (SSSR count). The minimum absolute atomic E-state index is 0.000321. The molecule has 0 unspecified atom stereocenters. The van der Waals surface area contributed by atoms with Gasteiger partial charge in [0, 0.05) is 114 Å². The first-order chi connectivity index (χ1) is 62.6. The van der Waals surface area contributed by atoms with Crippen molar-refractivity contribution >= 4 is 124 Å². The van der Waals surface area contributed by atoms with Gasteiger partial charge in [0.1, 0.15) is 58.9 Å². The summed E-state index contributed by atoms with van der Waals surface area (Å²) in [6.07, 6.45) is 22.6. The number of carbonyl (C=O) groups is 21. The monoisotopic (exact) mass is 1900 g/mol. The predicted octanol–water partition coefficient (Wildman–Crippen LogP) is 9.58. The van der Waals surface area contributed by atoms with E-state index in [9.17, 15) is 131 Å². The Morgan fingerprint density at radius 3 is 0.835 bits per heavy atom. The molecule has 39 heteroatoms. The van der Waals surface area contributed by atoms with Crippen molar-refractivity contribution in [2.24, 2.45) is 40.4 Å². The molecule has 0 radical (unpaired) electrons. The largest absolute Gasteiger partial charge is 0.481 e. The second kappa shape index (κ2) is 78.3. The zero-order valence-electron chi connectivity index (χ0n) is 80.0. The first kappa shape index (κ1) is 127. The van der Waals surface area contributed by atoms with Gasteiger partial charge in [0.15, 0.2) is 0 Å². The summed E-state index contributed by atoms with van der Waals surface area (Å²) in [5.74, 6) is -16.8. The Hall–Kier alpha value is -10.0. The van der Waals surface area contributed by atoms with Gasteiger partial charge in [-0.25, -0.2) is 19.2 Å². The summed E-state index contributed by atoms with van der Waals surface area (Å²) in [5, 5.41) is 92.4. The minimum Gasteiger partial charge on any atom is -0.481 e. The number of unbranched alkanes of at least 4 members (excludes halogenated alkanes) is 23. The zero-order valence-corrected chi connectivity index (χ0v) is 80.0. The number of amides is 7. The molecule has 0 fully saturated rings. The molecule has 0 saturated carbocycles. The summed E-state index contributed by atoms with van der Waals surface area (Å²) in [6, 6.07) is -7.66. The van der Waals surface area contributed by atoms with Crippen LogP contribution in [-0.2, 0) is 101 Å². The molecule has 0 saturated heterocycles. The maximum Gasteiger partial charge on any atom is 0.326 e. The van der Waals surface area contributed by atoms with Crippen LogP contribution in [0, 0.1) is 23.2 Å². The van der Waals surface area contributed by atoms with E-state index in [2.05, 4.69) is 37.2 Å². The Kier molecular flexibility index (Phi) is 74.8. The number of ketones is 6.